The molecule has 5 N–H and O–H groups in total. The highest BCUT2D eigenvalue weighted by molar-refractivity contribution is 5.75. The number of carbonyl (C=O) groups excluding carboxylic acids is 1. The van der Waals surface area contributed by atoms with Gasteiger partial charge in [0.1, 0.15) is 36.1 Å². The molecule has 3 fully saturated rings. The van der Waals surface area contributed by atoms with Gasteiger partial charge in [-0.25, -0.2) is 0 Å². The number of hydrogen-bond acceptors (Lipinski definition) is 9. The van der Waals surface area contributed by atoms with Gasteiger partial charge in [0, 0.05) is 17.8 Å². The quantitative estimate of drug-likeness (QED) is 0.278. The summed E-state index contributed by atoms with van der Waals surface area (Å²) in [6.07, 6.45) is -2.76. The summed E-state index contributed by atoms with van der Waals surface area (Å²) < 4.78 is 17.3. The van der Waals surface area contributed by atoms with Crippen molar-refractivity contribution in [2.75, 3.05) is 13.2 Å². The van der Waals surface area contributed by atoms with Crippen LogP contribution in [-0.4, -0.2) is 87.1 Å². The van der Waals surface area contributed by atoms with E-state index in [9.17, 15) is 30.3 Å². The van der Waals surface area contributed by atoms with Gasteiger partial charge in [0.15, 0.2) is 6.29 Å². The van der Waals surface area contributed by atoms with Crippen molar-refractivity contribution in [1.29, 1.82) is 0 Å². The van der Waals surface area contributed by atoms with E-state index in [2.05, 4.69) is 6.58 Å². The van der Waals surface area contributed by atoms with Crippen LogP contribution in [0.4, 0.5) is 0 Å². The van der Waals surface area contributed by atoms with Gasteiger partial charge in [-0.3, -0.25) is 4.79 Å². The highest BCUT2D eigenvalue weighted by atomic mass is 16.7. The lowest BCUT2D eigenvalue weighted by Gasteiger charge is -2.45. The van der Waals surface area contributed by atoms with E-state index in [0.29, 0.717) is 12.8 Å². The van der Waals surface area contributed by atoms with E-state index >= 15 is 0 Å². The zero-order valence-electron chi connectivity index (χ0n) is 16.8. The molecule has 4 aliphatic rings. The molecule has 2 saturated heterocycles. The molecule has 168 valence electrons. The SMILES string of the molecule is C=C1CC[C@@H]2[C@H]1[C@H]1OC(=O)[C@@H](C)[C@@H]1C=C[C@]2(CO)O[C@@H]1O[C@H](CO)[C@@H](O)[C@@H](O)[C@@H]1O. The number of rotatable bonds is 4. The minimum Gasteiger partial charge on any atom is -0.461 e. The first-order chi connectivity index (χ1) is 14.2. The maximum Gasteiger partial charge on any atom is 0.309 e. The summed E-state index contributed by atoms with van der Waals surface area (Å²) in [6.45, 7) is 4.94. The summed E-state index contributed by atoms with van der Waals surface area (Å²) in [5, 5.41) is 50.4. The summed E-state index contributed by atoms with van der Waals surface area (Å²) in [4.78, 5) is 12.2. The topological polar surface area (TPSA) is 146 Å². The highest BCUT2D eigenvalue weighted by Crippen LogP contribution is 2.53. The van der Waals surface area contributed by atoms with Crippen LogP contribution in [0.1, 0.15) is 19.8 Å². The van der Waals surface area contributed by atoms with E-state index in [1.165, 1.54) is 0 Å². The van der Waals surface area contributed by atoms with E-state index in [1.54, 1.807) is 13.0 Å². The van der Waals surface area contributed by atoms with Crippen molar-refractivity contribution in [2.45, 2.75) is 62.2 Å². The second-order valence-electron chi connectivity index (χ2n) is 8.88. The maximum absolute atomic E-state index is 12.2. The smallest absolute Gasteiger partial charge is 0.309 e. The molecule has 9 heteroatoms. The Morgan fingerprint density at radius 2 is 1.97 bits per heavy atom. The second-order valence-corrected chi connectivity index (χ2v) is 8.88. The molecule has 9 nitrogen and oxygen atoms in total. The van der Waals surface area contributed by atoms with Gasteiger partial charge in [-0.2, -0.15) is 0 Å². The van der Waals surface area contributed by atoms with E-state index < -0.39 is 55.6 Å². The average molecular weight is 426 g/mol. The van der Waals surface area contributed by atoms with Crippen LogP contribution in [-0.2, 0) is 19.0 Å². The number of carbonyl (C=O) groups is 1. The van der Waals surface area contributed by atoms with Crippen molar-refractivity contribution in [3.63, 3.8) is 0 Å². The van der Waals surface area contributed by atoms with Gasteiger partial charge in [-0.15, -0.1) is 0 Å². The molecule has 0 bridgehead atoms. The van der Waals surface area contributed by atoms with Gasteiger partial charge in [-0.05, 0) is 12.8 Å². The fourth-order valence-electron chi connectivity index (χ4n) is 5.44. The lowest BCUT2D eigenvalue weighted by molar-refractivity contribution is -0.330. The van der Waals surface area contributed by atoms with Crippen molar-refractivity contribution in [3.05, 3.63) is 24.3 Å². The van der Waals surface area contributed by atoms with Crippen molar-refractivity contribution < 1.29 is 44.5 Å². The standard InChI is InChI=1S/C21H30O9/c1-9-3-4-12-14(9)18-11(10(2)19(27)29-18)5-6-21(12,8-23)30-20-17(26)16(25)15(24)13(7-22)28-20/h5-6,10-18,20,22-26H,1,3-4,7-8H2,2H3/t10-,11-,12+,13+,14-,15+,16+,17-,18-,20-,21+/m0/s1. The van der Waals surface area contributed by atoms with Gasteiger partial charge in [0.05, 0.1) is 19.1 Å². The Morgan fingerprint density at radius 3 is 2.63 bits per heavy atom. The molecular formula is C21H30O9. The predicted octanol–water partition coefficient (Wildman–Crippen LogP) is -1.14. The van der Waals surface area contributed by atoms with Crippen molar-refractivity contribution in [3.8, 4) is 0 Å². The Bertz CT molecular complexity index is 721. The van der Waals surface area contributed by atoms with Crippen LogP contribution in [0, 0.1) is 23.7 Å². The molecule has 2 aliphatic carbocycles. The van der Waals surface area contributed by atoms with E-state index in [0.717, 1.165) is 5.57 Å². The largest absolute Gasteiger partial charge is 0.461 e. The van der Waals surface area contributed by atoms with Crippen molar-refractivity contribution in [2.24, 2.45) is 23.7 Å². The van der Waals surface area contributed by atoms with Gasteiger partial charge in [-0.1, -0.05) is 31.2 Å². The van der Waals surface area contributed by atoms with Crippen LogP contribution in [0.3, 0.4) is 0 Å². The predicted molar refractivity (Wildman–Crippen MR) is 102 cm³/mol. The molecule has 11 atom stereocenters. The summed E-state index contributed by atoms with van der Waals surface area (Å²) in [7, 11) is 0. The lowest BCUT2D eigenvalue weighted by Crippen LogP contribution is -2.62. The van der Waals surface area contributed by atoms with Crippen LogP contribution in [0.25, 0.3) is 0 Å². The fourth-order valence-corrected chi connectivity index (χ4v) is 5.44. The van der Waals surface area contributed by atoms with Crippen LogP contribution in [0.2, 0.25) is 0 Å². The van der Waals surface area contributed by atoms with Crippen LogP contribution in [0.15, 0.2) is 24.3 Å². The second kappa shape index (κ2) is 7.98. The fraction of sp³-hybridized carbons (Fsp3) is 0.762. The molecule has 30 heavy (non-hydrogen) atoms. The Balaban J connectivity index is 1.68. The van der Waals surface area contributed by atoms with Crippen LogP contribution >= 0.6 is 0 Å². The Labute approximate surface area is 174 Å². The molecule has 0 spiro atoms. The number of esters is 1. The lowest BCUT2D eigenvalue weighted by atomic mass is 9.76. The summed E-state index contributed by atoms with van der Waals surface area (Å²) in [6, 6.07) is 0. The number of aliphatic hydroxyl groups excluding tert-OH is 5. The van der Waals surface area contributed by atoms with Gasteiger partial charge >= 0.3 is 5.97 Å². The minimum atomic E-state index is -1.58. The molecule has 0 aromatic heterocycles. The third-order valence-electron chi connectivity index (χ3n) is 7.28. The molecule has 4 rings (SSSR count). The van der Waals surface area contributed by atoms with Crippen molar-refractivity contribution >= 4 is 5.97 Å². The molecule has 0 radical (unpaired) electrons. The molecule has 0 aromatic rings. The van der Waals surface area contributed by atoms with Gasteiger partial charge in [0.25, 0.3) is 0 Å². The van der Waals surface area contributed by atoms with E-state index in [1.807, 2.05) is 6.08 Å². The van der Waals surface area contributed by atoms with Gasteiger partial charge in [0.2, 0.25) is 0 Å². The van der Waals surface area contributed by atoms with E-state index in [4.69, 9.17) is 14.2 Å². The normalized spacial score (nSPS) is 50.7. The maximum atomic E-state index is 12.2. The summed E-state index contributed by atoms with van der Waals surface area (Å²) in [5.74, 6) is -1.35. The first kappa shape index (κ1) is 21.9. The molecule has 0 unspecified atom stereocenters. The Morgan fingerprint density at radius 1 is 1.23 bits per heavy atom. The Hall–Kier alpha value is -1.33. The summed E-state index contributed by atoms with van der Waals surface area (Å²) in [5.41, 5.74) is -0.371. The summed E-state index contributed by atoms with van der Waals surface area (Å²) >= 11 is 0. The number of aliphatic hydroxyl groups is 5. The molecule has 2 aliphatic heterocycles. The first-order valence-electron chi connectivity index (χ1n) is 10.4. The highest BCUT2D eigenvalue weighted by Gasteiger charge is 2.58. The number of fused-ring (bicyclic) bond motifs is 3. The zero-order chi connectivity index (χ0) is 21.8. The molecule has 0 amide bonds. The third kappa shape index (κ3) is 3.24. The molecule has 1 saturated carbocycles. The van der Waals surface area contributed by atoms with Crippen molar-refractivity contribution in [1.82, 2.24) is 0 Å². The third-order valence-corrected chi connectivity index (χ3v) is 7.28. The zero-order valence-corrected chi connectivity index (χ0v) is 16.8. The first-order valence-corrected chi connectivity index (χ1v) is 10.4. The average Bonchev–Trinajstić information content (AvgIpc) is 3.21. The van der Waals surface area contributed by atoms with Crippen LogP contribution in [0.5, 0.6) is 0 Å². The van der Waals surface area contributed by atoms with Gasteiger partial charge < -0.3 is 39.7 Å². The van der Waals surface area contributed by atoms with Crippen LogP contribution < -0.4 is 0 Å². The minimum absolute atomic E-state index is 0.202. The Kier molecular flexibility index (Phi) is 5.82. The number of ether oxygens (including phenoxy) is 3. The monoisotopic (exact) mass is 426 g/mol. The van der Waals surface area contributed by atoms with E-state index in [-0.39, 0.29) is 29.6 Å². The number of hydrogen-bond donors (Lipinski definition) is 5. The molecular weight excluding hydrogens is 396 g/mol. The molecule has 0 aromatic carbocycles. The molecule has 2 heterocycles.